The van der Waals surface area contributed by atoms with Gasteiger partial charge in [0.05, 0.1) is 11.6 Å². The number of pyridine rings is 1. The summed E-state index contributed by atoms with van der Waals surface area (Å²) in [6, 6.07) is 8.19. The fourth-order valence-corrected chi connectivity index (χ4v) is 3.31. The molecule has 3 rings (SSSR count). The maximum Gasteiger partial charge on any atom is 0.0839 e. The van der Waals surface area contributed by atoms with Crippen molar-refractivity contribution in [3.8, 4) is 0 Å². The predicted molar refractivity (Wildman–Crippen MR) is 95.8 cm³/mol. The Labute approximate surface area is 138 Å². The maximum absolute atomic E-state index is 10.3. The fraction of sp³-hybridized carbons (Fsp3) is 0.526. The second-order valence-electron chi connectivity index (χ2n) is 6.85. The Morgan fingerprint density at radius 1 is 1.30 bits per heavy atom. The zero-order chi connectivity index (χ0) is 16.2. The third kappa shape index (κ3) is 4.01. The van der Waals surface area contributed by atoms with Crippen LogP contribution in [0.3, 0.4) is 0 Å². The minimum atomic E-state index is -0.351. The van der Waals surface area contributed by atoms with Crippen molar-refractivity contribution in [2.24, 2.45) is 5.92 Å². The molecule has 1 unspecified atom stereocenters. The molecule has 0 bridgehead atoms. The minimum Gasteiger partial charge on any atom is -0.390 e. The average molecular weight is 313 g/mol. The summed E-state index contributed by atoms with van der Waals surface area (Å²) >= 11 is 0. The molecule has 0 spiro atoms. The Hall–Kier alpha value is -1.65. The van der Waals surface area contributed by atoms with E-state index in [0.29, 0.717) is 6.54 Å². The number of rotatable bonds is 5. The average Bonchev–Trinajstić information content (AvgIpc) is 2.55. The van der Waals surface area contributed by atoms with Gasteiger partial charge in [0.15, 0.2) is 0 Å². The predicted octanol–water partition coefficient (Wildman–Crippen LogP) is 3.05. The van der Waals surface area contributed by atoms with Crippen molar-refractivity contribution in [2.75, 3.05) is 31.5 Å². The molecular formula is C19H27N3O. The number of β-amino-alcohol motifs (C(OH)–C–C–N with tert-alkyl or cyclic N) is 1. The molecule has 0 saturated carbocycles. The lowest BCUT2D eigenvalue weighted by Gasteiger charge is -2.31. The molecule has 1 atom stereocenters. The number of aryl methyl sites for hydroxylation is 1. The number of aliphatic hydroxyl groups excluding tert-OH is 1. The van der Waals surface area contributed by atoms with Crippen molar-refractivity contribution < 1.29 is 5.11 Å². The number of anilines is 1. The molecule has 4 nitrogen and oxygen atoms in total. The zero-order valence-electron chi connectivity index (χ0n) is 14.1. The van der Waals surface area contributed by atoms with Gasteiger partial charge in [-0.25, -0.2) is 0 Å². The molecule has 1 aromatic carbocycles. The molecular weight excluding hydrogens is 286 g/mol. The normalized spacial score (nSPS) is 18.2. The Balaban J connectivity index is 1.59. The fourth-order valence-electron chi connectivity index (χ4n) is 3.31. The molecule has 2 N–H and O–H groups in total. The number of piperidine rings is 1. The quantitative estimate of drug-likeness (QED) is 0.891. The molecule has 1 saturated heterocycles. The van der Waals surface area contributed by atoms with Gasteiger partial charge in [-0.1, -0.05) is 25.1 Å². The number of aromatic nitrogens is 1. The summed E-state index contributed by atoms with van der Waals surface area (Å²) in [6.45, 7) is 7.92. The summed E-state index contributed by atoms with van der Waals surface area (Å²) in [5, 5.41) is 14.8. The second-order valence-corrected chi connectivity index (χ2v) is 6.85. The topological polar surface area (TPSA) is 48.4 Å². The molecule has 1 fully saturated rings. The van der Waals surface area contributed by atoms with Gasteiger partial charge in [-0.3, -0.25) is 4.98 Å². The lowest BCUT2D eigenvalue weighted by molar-refractivity contribution is 0.0990. The zero-order valence-corrected chi connectivity index (χ0v) is 14.1. The minimum absolute atomic E-state index is 0.351. The van der Waals surface area contributed by atoms with E-state index in [0.717, 1.165) is 42.1 Å². The maximum atomic E-state index is 10.3. The van der Waals surface area contributed by atoms with Crippen LogP contribution in [0.15, 0.2) is 30.5 Å². The molecule has 1 aromatic heterocycles. The molecule has 2 aromatic rings. The largest absolute Gasteiger partial charge is 0.390 e. The summed E-state index contributed by atoms with van der Waals surface area (Å²) in [4.78, 5) is 6.83. The van der Waals surface area contributed by atoms with E-state index >= 15 is 0 Å². The van der Waals surface area contributed by atoms with E-state index < -0.39 is 0 Å². The summed E-state index contributed by atoms with van der Waals surface area (Å²) in [7, 11) is 0. The summed E-state index contributed by atoms with van der Waals surface area (Å²) < 4.78 is 0. The van der Waals surface area contributed by atoms with Crippen LogP contribution in [0.4, 0.5) is 5.69 Å². The smallest absolute Gasteiger partial charge is 0.0839 e. The summed E-state index contributed by atoms with van der Waals surface area (Å²) in [6.07, 6.45) is 3.97. The van der Waals surface area contributed by atoms with Crippen LogP contribution in [0, 0.1) is 12.8 Å². The van der Waals surface area contributed by atoms with E-state index in [-0.39, 0.29) is 6.10 Å². The highest BCUT2D eigenvalue weighted by atomic mass is 16.3. The van der Waals surface area contributed by atoms with Crippen LogP contribution in [0.5, 0.6) is 0 Å². The molecule has 23 heavy (non-hydrogen) atoms. The van der Waals surface area contributed by atoms with Crippen LogP contribution in [0.25, 0.3) is 10.9 Å². The van der Waals surface area contributed by atoms with Gasteiger partial charge in [-0.05, 0) is 50.4 Å². The summed E-state index contributed by atoms with van der Waals surface area (Å²) in [5.74, 6) is 0.827. The first-order valence-corrected chi connectivity index (χ1v) is 8.62. The van der Waals surface area contributed by atoms with Crippen LogP contribution in [-0.2, 0) is 0 Å². The third-order valence-corrected chi connectivity index (χ3v) is 4.85. The van der Waals surface area contributed by atoms with E-state index in [4.69, 9.17) is 0 Å². The van der Waals surface area contributed by atoms with E-state index in [1.807, 2.05) is 12.3 Å². The van der Waals surface area contributed by atoms with Crippen LogP contribution in [0.1, 0.15) is 25.3 Å². The highest BCUT2D eigenvalue weighted by Crippen LogP contribution is 2.23. The monoisotopic (exact) mass is 313 g/mol. The van der Waals surface area contributed by atoms with Gasteiger partial charge in [-0.15, -0.1) is 0 Å². The van der Waals surface area contributed by atoms with Crippen molar-refractivity contribution in [3.63, 3.8) is 0 Å². The number of nitrogens with zero attached hydrogens (tertiary/aromatic N) is 2. The first-order valence-electron chi connectivity index (χ1n) is 8.62. The van der Waals surface area contributed by atoms with Gasteiger partial charge < -0.3 is 15.3 Å². The lowest BCUT2D eigenvalue weighted by Crippen LogP contribution is -2.40. The highest BCUT2D eigenvalue weighted by Gasteiger charge is 2.18. The molecule has 0 amide bonds. The van der Waals surface area contributed by atoms with Gasteiger partial charge in [0, 0.05) is 30.4 Å². The molecule has 1 aliphatic heterocycles. The van der Waals surface area contributed by atoms with Gasteiger partial charge >= 0.3 is 0 Å². The van der Waals surface area contributed by atoms with Crippen molar-refractivity contribution in [1.29, 1.82) is 0 Å². The molecule has 2 heterocycles. The molecule has 0 aliphatic carbocycles. The van der Waals surface area contributed by atoms with E-state index in [9.17, 15) is 5.11 Å². The van der Waals surface area contributed by atoms with Crippen LogP contribution in [0.2, 0.25) is 0 Å². The number of benzene rings is 1. The van der Waals surface area contributed by atoms with Crippen molar-refractivity contribution in [2.45, 2.75) is 32.8 Å². The third-order valence-electron chi connectivity index (χ3n) is 4.85. The van der Waals surface area contributed by atoms with Crippen molar-refractivity contribution in [3.05, 3.63) is 36.0 Å². The van der Waals surface area contributed by atoms with E-state index in [1.165, 1.54) is 18.4 Å². The SMILES string of the molecule is Cc1cccc2c(NCC(O)CN3CCC(C)CC3)ccnc12. The van der Waals surface area contributed by atoms with Crippen LogP contribution >= 0.6 is 0 Å². The van der Waals surface area contributed by atoms with E-state index in [2.05, 4.69) is 47.2 Å². The van der Waals surface area contributed by atoms with Crippen LogP contribution in [-0.4, -0.2) is 47.3 Å². The van der Waals surface area contributed by atoms with Crippen molar-refractivity contribution in [1.82, 2.24) is 9.88 Å². The van der Waals surface area contributed by atoms with Gasteiger partial charge in [-0.2, -0.15) is 0 Å². The summed E-state index contributed by atoms with van der Waals surface area (Å²) in [5.41, 5.74) is 3.25. The number of hydrogen-bond donors (Lipinski definition) is 2. The lowest BCUT2D eigenvalue weighted by atomic mass is 9.99. The van der Waals surface area contributed by atoms with Gasteiger partial charge in [0.1, 0.15) is 0 Å². The molecule has 1 aliphatic rings. The standard InChI is InChI=1S/C19H27N3O/c1-14-7-10-22(11-8-14)13-16(23)12-21-18-6-9-20-19-15(2)4-3-5-17(18)19/h3-6,9,14,16,23H,7-8,10-13H2,1-2H3,(H,20,21). The first-order chi connectivity index (χ1) is 11.1. The molecule has 124 valence electrons. The van der Waals surface area contributed by atoms with E-state index in [1.54, 1.807) is 0 Å². The first kappa shape index (κ1) is 16.2. The number of likely N-dealkylation sites (tertiary alicyclic amines) is 1. The Morgan fingerprint density at radius 2 is 2.09 bits per heavy atom. The number of para-hydroxylation sites is 1. The number of fused-ring (bicyclic) bond motifs is 1. The Bertz CT molecular complexity index is 650. The highest BCUT2D eigenvalue weighted by molar-refractivity contribution is 5.92. The Kier molecular flexibility index (Phi) is 5.13. The van der Waals surface area contributed by atoms with Crippen LogP contribution < -0.4 is 5.32 Å². The van der Waals surface area contributed by atoms with Crippen molar-refractivity contribution >= 4 is 16.6 Å². The Morgan fingerprint density at radius 3 is 2.87 bits per heavy atom. The number of hydrogen-bond acceptors (Lipinski definition) is 4. The molecule has 0 radical (unpaired) electrons. The number of nitrogens with one attached hydrogen (secondary N) is 1. The van der Waals surface area contributed by atoms with Gasteiger partial charge in [0.2, 0.25) is 0 Å². The number of aliphatic hydroxyl groups is 1. The second kappa shape index (κ2) is 7.28. The molecule has 4 heteroatoms. The van der Waals surface area contributed by atoms with Gasteiger partial charge in [0.25, 0.3) is 0 Å².